The van der Waals surface area contributed by atoms with Crippen LogP contribution in [0.1, 0.15) is 27.8 Å². The molecule has 1 N–H and O–H groups in total. The Kier molecular flexibility index (Phi) is 5.54. The lowest BCUT2D eigenvalue weighted by molar-refractivity contribution is 0.233. The van der Waals surface area contributed by atoms with Crippen molar-refractivity contribution in [3.63, 3.8) is 0 Å². The maximum absolute atomic E-state index is 11.8. The van der Waals surface area contributed by atoms with Crippen LogP contribution >= 0.6 is 0 Å². The first kappa shape index (κ1) is 21.4. The zero-order valence-corrected chi connectivity index (χ0v) is 18.9. The molecule has 0 saturated heterocycles. The molecule has 0 amide bonds. The predicted molar refractivity (Wildman–Crippen MR) is 121 cm³/mol. The van der Waals surface area contributed by atoms with Gasteiger partial charge in [0.2, 0.25) is 0 Å². The van der Waals surface area contributed by atoms with Gasteiger partial charge >= 0.3 is 0 Å². The summed E-state index contributed by atoms with van der Waals surface area (Å²) in [5.74, 6) is 1.56. The van der Waals surface area contributed by atoms with Gasteiger partial charge in [-0.3, -0.25) is 4.55 Å². The molecule has 5 nitrogen and oxygen atoms in total. The molecular weight excluding hydrogens is 412 g/mol. The highest BCUT2D eigenvalue weighted by Crippen LogP contribution is 2.44. The molecule has 0 bridgehead atoms. The Balaban J connectivity index is 1.74. The summed E-state index contributed by atoms with van der Waals surface area (Å²) in [5, 5.41) is 0. The van der Waals surface area contributed by atoms with Gasteiger partial charge in [0.15, 0.2) is 0 Å². The third-order valence-corrected chi connectivity index (χ3v) is 6.90. The summed E-state index contributed by atoms with van der Waals surface area (Å²) in [6.45, 7) is 6.07. The van der Waals surface area contributed by atoms with Gasteiger partial charge in [-0.1, -0.05) is 35.9 Å². The van der Waals surface area contributed by atoms with Crippen molar-refractivity contribution in [2.75, 3.05) is 7.11 Å². The Labute approximate surface area is 183 Å². The van der Waals surface area contributed by atoms with E-state index >= 15 is 0 Å². The Morgan fingerprint density at radius 1 is 1.06 bits per heavy atom. The number of fused-ring (bicyclic) bond motifs is 1. The Hall–Kier alpha value is -2.83. The summed E-state index contributed by atoms with van der Waals surface area (Å²) in [7, 11) is -2.66. The molecule has 1 aliphatic rings. The van der Waals surface area contributed by atoms with Crippen LogP contribution in [0.25, 0.3) is 11.1 Å². The van der Waals surface area contributed by atoms with Gasteiger partial charge in [-0.05, 0) is 61.2 Å². The molecule has 31 heavy (non-hydrogen) atoms. The Bertz CT molecular complexity index is 1260. The molecule has 0 saturated carbocycles. The lowest BCUT2D eigenvalue weighted by atomic mass is 9.94. The molecule has 3 aromatic rings. The van der Waals surface area contributed by atoms with Crippen molar-refractivity contribution in [1.82, 2.24) is 0 Å². The van der Waals surface area contributed by atoms with E-state index < -0.39 is 10.1 Å². The fourth-order valence-corrected chi connectivity index (χ4v) is 4.96. The van der Waals surface area contributed by atoms with Gasteiger partial charge in [0.05, 0.1) is 12.0 Å². The fraction of sp³-hybridized carbons (Fsp3) is 0.280. The van der Waals surface area contributed by atoms with E-state index in [-0.39, 0.29) is 11.0 Å². The van der Waals surface area contributed by atoms with Crippen molar-refractivity contribution in [1.29, 1.82) is 0 Å². The molecule has 1 heterocycles. The van der Waals surface area contributed by atoms with Crippen LogP contribution in [0.4, 0.5) is 0 Å². The summed E-state index contributed by atoms with van der Waals surface area (Å²) in [5.41, 5.74) is 6.94. The van der Waals surface area contributed by atoms with E-state index in [9.17, 15) is 13.0 Å². The maximum atomic E-state index is 11.8. The van der Waals surface area contributed by atoms with Crippen molar-refractivity contribution in [2.45, 2.75) is 44.6 Å². The monoisotopic (exact) mass is 438 g/mol. The minimum atomic E-state index is -4.31. The maximum Gasteiger partial charge on any atom is 0.294 e. The molecule has 0 aromatic heterocycles. The first-order chi connectivity index (χ1) is 14.7. The highest BCUT2D eigenvalue weighted by Gasteiger charge is 2.29. The summed E-state index contributed by atoms with van der Waals surface area (Å²) >= 11 is 0. The number of rotatable bonds is 5. The van der Waals surface area contributed by atoms with Gasteiger partial charge in [0, 0.05) is 24.0 Å². The number of aryl methyl sites for hydroxylation is 2. The van der Waals surface area contributed by atoms with Crippen LogP contribution in [-0.4, -0.2) is 26.2 Å². The summed E-state index contributed by atoms with van der Waals surface area (Å²) < 4.78 is 45.2. The van der Waals surface area contributed by atoms with Crippen LogP contribution in [0.5, 0.6) is 11.5 Å². The first-order valence-corrected chi connectivity index (χ1v) is 11.6. The molecule has 162 valence electrons. The third kappa shape index (κ3) is 4.18. The van der Waals surface area contributed by atoms with Gasteiger partial charge in [-0.2, -0.15) is 8.42 Å². The molecule has 1 atom stereocenters. The van der Waals surface area contributed by atoms with Crippen molar-refractivity contribution < 1.29 is 22.4 Å². The second kappa shape index (κ2) is 8.02. The van der Waals surface area contributed by atoms with Gasteiger partial charge in [-0.25, -0.2) is 0 Å². The average molecular weight is 439 g/mol. The molecular formula is C25H26O5S. The van der Waals surface area contributed by atoms with Crippen molar-refractivity contribution in [3.8, 4) is 22.6 Å². The largest absolute Gasteiger partial charge is 0.497 e. The summed E-state index contributed by atoms with van der Waals surface area (Å²) in [6, 6.07) is 15.1. The van der Waals surface area contributed by atoms with Crippen LogP contribution < -0.4 is 9.47 Å². The molecule has 0 fully saturated rings. The van der Waals surface area contributed by atoms with E-state index in [1.807, 2.05) is 25.1 Å². The lowest BCUT2D eigenvalue weighted by Gasteiger charge is -2.16. The summed E-state index contributed by atoms with van der Waals surface area (Å²) in [6.07, 6.45) is 0.761. The molecule has 4 rings (SSSR count). The molecule has 1 aliphatic heterocycles. The van der Waals surface area contributed by atoms with Crippen LogP contribution in [0.15, 0.2) is 53.4 Å². The van der Waals surface area contributed by atoms with Crippen LogP contribution in [0.2, 0.25) is 0 Å². The first-order valence-electron chi connectivity index (χ1n) is 10.2. The van der Waals surface area contributed by atoms with Gasteiger partial charge < -0.3 is 9.47 Å². The second-order valence-electron chi connectivity index (χ2n) is 8.15. The normalized spacial score (nSPS) is 15.5. The Morgan fingerprint density at radius 3 is 2.55 bits per heavy atom. The van der Waals surface area contributed by atoms with E-state index in [4.69, 9.17) is 9.47 Å². The number of ether oxygens (including phenoxy) is 2. The number of benzene rings is 3. The topological polar surface area (TPSA) is 72.8 Å². The standard InChI is InChI=1S/C25H26O5S/c1-15-8-9-24(31(26,27)28)18(10-15)11-21-13-19-12-20(29-4)14-23(25(19)30-21)22-7-5-6-16(2)17(22)3/h5-10,12,14,21H,11,13H2,1-4H3,(H,26,27,28). The van der Waals surface area contributed by atoms with Crippen LogP contribution in [0.3, 0.4) is 0 Å². The zero-order chi connectivity index (χ0) is 22.3. The number of hydrogen-bond donors (Lipinski definition) is 1. The van der Waals surface area contributed by atoms with Gasteiger partial charge in [0.1, 0.15) is 17.6 Å². The predicted octanol–water partition coefficient (Wildman–Crippen LogP) is 5.08. The molecule has 3 aromatic carbocycles. The molecule has 0 aliphatic carbocycles. The van der Waals surface area contributed by atoms with Crippen molar-refractivity contribution in [3.05, 3.63) is 76.3 Å². The molecule has 1 unspecified atom stereocenters. The molecule has 6 heteroatoms. The fourth-order valence-electron chi connectivity index (χ4n) is 4.24. The minimum Gasteiger partial charge on any atom is -0.497 e. The zero-order valence-electron chi connectivity index (χ0n) is 18.1. The molecule has 0 radical (unpaired) electrons. The van der Waals surface area contributed by atoms with E-state index in [1.165, 1.54) is 17.2 Å². The quantitative estimate of drug-likeness (QED) is 0.563. The highest BCUT2D eigenvalue weighted by atomic mass is 32.2. The van der Waals surface area contributed by atoms with E-state index in [0.29, 0.717) is 18.4 Å². The van der Waals surface area contributed by atoms with Crippen LogP contribution in [0, 0.1) is 20.8 Å². The number of hydrogen-bond acceptors (Lipinski definition) is 4. The number of methoxy groups -OCH3 is 1. The van der Waals surface area contributed by atoms with E-state index in [2.05, 4.69) is 26.0 Å². The highest BCUT2D eigenvalue weighted by molar-refractivity contribution is 7.85. The van der Waals surface area contributed by atoms with E-state index in [1.54, 1.807) is 19.2 Å². The van der Waals surface area contributed by atoms with E-state index in [0.717, 1.165) is 33.8 Å². The van der Waals surface area contributed by atoms with Gasteiger partial charge in [-0.15, -0.1) is 0 Å². The second-order valence-corrected chi connectivity index (χ2v) is 9.53. The van der Waals surface area contributed by atoms with Crippen molar-refractivity contribution in [2.24, 2.45) is 0 Å². The third-order valence-electron chi connectivity index (χ3n) is 5.94. The van der Waals surface area contributed by atoms with Crippen LogP contribution in [-0.2, 0) is 23.0 Å². The lowest BCUT2D eigenvalue weighted by Crippen LogP contribution is -2.18. The van der Waals surface area contributed by atoms with Gasteiger partial charge in [0.25, 0.3) is 10.1 Å². The SMILES string of the molecule is COc1cc2c(c(-c3cccc(C)c3C)c1)OC(Cc1cc(C)ccc1S(=O)(=O)O)C2. The minimum absolute atomic E-state index is 0.0648. The average Bonchev–Trinajstić information content (AvgIpc) is 3.10. The molecule has 0 spiro atoms. The van der Waals surface area contributed by atoms with Crippen molar-refractivity contribution >= 4 is 10.1 Å². The summed E-state index contributed by atoms with van der Waals surface area (Å²) in [4.78, 5) is -0.0648. The smallest absolute Gasteiger partial charge is 0.294 e. The Morgan fingerprint density at radius 2 is 1.84 bits per heavy atom.